The van der Waals surface area contributed by atoms with E-state index in [1.807, 2.05) is 27.8 Å². The maximum Gasteiger partial charge on any atom is 0.227 e. The number of nitrogens with zero attached hydrogens (tertiary/aromatic N) is 3. The lowest BCUT2D eigenvalue weighted by Gasteiger charge is -2.33. The third-order valence-electron chi connectivity index (χ3n) is 5.26. The van der Waals surface area contributed by atoms with Crippen molar-refractivity contribution in [2.75, 3.05) is 20.2 Å². The first kappa shape index (κ1) is 17.6. The molecule has 27 heavy (non-hydrogen) atoms. The Morgan fingerprint density at radius 3 is 3.07 bits per heavy atom. The van der Waals surface area contributed by atoms with Crippen LogP contribution in [0.2, 0.25) is 0 Å². The quantitative estimate of drug-likeness (QED) is 0.887. The molecule has 0 unspecified atom stereocenters. The molecule has 142 valence electrons. The molecule has 0 aliphatic carbocycles. The molecule has 0 radical (unpaired) electrons. The Labute approximate surface area is 158 Å². The molecule has 0 fully saturated rings. The second-order valence-electron chi connectivity index (χ2n) is 7.14. The molecule has 2 aromatic rings. The van der Waals surface area contributed by atoms with Crippen molar-refractivity contribution >= 4 is 11.8 Å². The fraction of sp³-hybridized carbons (Fsp3) is 0.450. The van der Waals surface area contributed by atoms with Crippen molar-refractivity contribution in [3.8, 4) is 5.75 Å². The molecule has 0 spiro atoms. The van der Waals surface area contributed by atoms with Crippen LogP contribution in [0.1, 0.15) is 35.7 Å². The van der Waals surface area contributed by atoms with Crippen LogP contribution in [0, 0.1) is 0 Å². The molecule has 7 nitrogen and oxygen atoms in total. The zero-order valence-electron chi connectivity index (χ0n) is 15.5. The average Bonchev–Trinajstić information content (AvgIpc) is 3.16. The van der Waals surface area contributed by atoms with E-state index in [0.717, 1.165) is 36.5 Å². The number of hydrogen-bond donors (Lipinski definition) is 1. The second kappa shape index (κ2) is 7.42. The van der Waals surface area contributed by atoms with Gasteiger partial charge in [-0.15, -0.1) is 0 Å². The SMILES string of the molecule is CNC(=O)C[C@H]1CN(C(=O)Cc2ccc3c(c2)CCCO3)Cc2ccnn21. The minimum absolute atomic E-state index is 0.0505. The van der Waals surface area contributed by atoms with Gasteiger partial charge in [-0.05, 0) is 36.1 Å². The molecule has 1 aromatic carbocycles. The van der Waals surface area contributed by atoms with Crippen LogP contribution in [0.4, 0.5) is 0 Å². The van der Waals surface area contributed by atoms with E-state index in [0.29, 0.717) is 25.9 Å². The van der Waals surface area contributed by atoms with Crippen molar-refractivity contribution in [3.63, 3.8) is 0 Å². The Kier molecular flexibility index (Phi) is 4.83. The average molecular weight is 368 g/mol. The fourth-order valence-corrected chi connectivity index (χ4v) is 3.85. The number of benzene rings is 1. The standard InChI is InChI=1S/C20H24N4O3/c1-21-19(25)11-17-13-23(12-16-6-7-22-24(16)17)20(26)10-14-4-5-18-15(9-14)3-2-8-27-18/h4-7,9,17H,2-3,8,10-13H2,1H3,(H,21,25)/t17-/m0/s1. The van der Waals surface area contributed by atoms with Crippen LogP contribution in [0.25, 0.3) is 0 Å². The molecule has 7 heteroatoms. The zero-order chi connectivity index (χ0) is 18.8. The number of amides is 2. The second-order valence-corrected chi connectivity index (χ2v) is 7.14. The summed E-state index contributed by atoms with van der Waals surface area (Å²) in [4.78, 5) is 26.6. The summed E-state index contributed by atoms with van der Waals surface area (Å²) >= 11 is 0. The lowest BCUT2D eigenvalue weighted by atomic mass is 10.0. The van der Waals surface area contributed by atoms with Crippen LogP contribution >= 0.6 is 0 Å². The van der Waals surface area contributed by atoms with Gasteiger partial charge in [-0.25, -0.2) is 0 Å². The highest BCUT2D eigenvalue weighted by Crippen LogP contribution is 2.27. The van der Waals surface area contributed by atoms with Gasteiger partial charge in [0.15, 0.2) is 0 Å². The molecule has 2 aliphatic heterocycles. The Morgan fingerprint density at radius 1 is 1.33 bits per heavy atom. The molecule has 1 N–H and O–H groups in total. The lowest BCUT2D eigenvalue weighted by Crippen LogP contribution is -2.43. The van der Waals surface area contributed by atoms with Crippen molar-refractivity contribution in [3.05, 3.63) is 47.3 Å². The smallest absolute Gasteiger partial charge is 0.227 e. The van der Waals surface area contributed by atoms with E-state index in [-0.39, 0.29) is 17.9 Å². The monoisotopic (exact) mass is 368 g/mol. The molecular formula is C20H24N4O3. The number of fused-ring (bicyclic) bond motifs is 2. The number of nitrogens with one attached hydrogen (secondary N) is 1. The van der Waals surface area contributed by atoms with Crippen molar-refractivity contribution in [1.82, 2.24) is 20.0 Å². The van der Waals surface area contributed by atoms with E-state index >= 15 is 0 Å². The van der Waals surface area contributed by atoms with Crippen molar-refractivity contribution in [2.45, 2.75) is 38.3 Å². The number of carbonyl (C=O) groups is 2. The van der Waals surface area contributed by atoms with Crippen molar-refractivity contribution < 1.29 is 14.3 Å². The normalized spacial score (nSPS) is 18.3. The fourth-order valence-electron chi connectivity index (χ4n) is 3.85. The van der Waals surface area contributed by atoms with Crippen LogP contribution < -0.4 is 10.1 Å². The molecule has 0 bridgehead atoms. The van der Waals surface area contributed by atoms with Gasteiger partial charge in [-0.1, -0.05) is 12.1 Å². The van der Waals surface area contributed by atoms with E-state index in [2.05, 4.69) is 16.5 Å². The van der Waals surface area contributed by atoms with Crippen LogP contribution in [0.15, 0.2) is 30.5 Å². The van der Waals surface area contributed by atoms with E-state index < -0.39 is 0 Å². The number of hydrogen-bond acceptors (Lipinski definition) is 4. The third kappa shape index (κ3) is 3.67. The maximum atomic E-state index is 12.9. The van der Waals surface area contributed by atoms with Gasteiger partial charge >= 0.3 is 0 Å². The predicted molar refractivity (Wildman–Crippen MR) is 99.3 cm³/mol. The zero-order valence-corrected chi connectivity index (χ0v) is 15.5. The molecule has 1 aromatic heterocycles. The topological polar surface area (TPSA) is 76.5 Å². The van der Waals surface area contributed by atoms with Crippen LogP contribution in [0.5, 0.6) is 5.75 Å². The minimum Gasteiger partial charge on any atom is -0.493 e. The van der Waals surface area contributed by atoms with Crippen LogP contribution in [-0.2, 0) is 29.0 Å². The number of carbonyl (C=O) groups excluding carboxylic acids is 2. The summed E-state index contributed by atoms with van der Waals surface area (Å²) in [6, 6.07) is 7.80. The van der Waals surface area contributed by atoms with Gasteiger partial charge in [0.1, 0.15) is 5.75 Å². The molecule has 0 saturated carbocycles. The largest absolute Gasteiger partial charge is 0.493 e. The van der Waals surface area contributed by atoms with E-state index in [1.165, 1.54) is 5.56 Å². The predicted octanol–water partition coefficient (Wildman–Crippen LogP) is 1.47. The molecule has 2 aliphatic rings. The summed E-state index contributed by atoms with van der Waals surface area (Å²) in [7, 11) is 1.62. The molecule has 2 amide bonds. The Balaban J connectivity index is 1.48. The van der Waals surface area contributed by atoms with Crippen molar-refractivity contribution in [1.29, 1.82) is 0 Å². The molecule has 1 atom stereocenters. The third-order valence-corrected chi connectivity index (χ3v) is 5.26. The van der Waals surface area contributed by atoms with E-state index in [4.69, 9.17) is 4.74 Å². The Morgan fingerprint density at radius 2 is 2.22 bits per heavy atom. The van der Waals surface area contributed by atoms with Gasteiger partial charge in [-0.2, -0.15) is 5.10 Å². The number of rotatable bonds is 4. The summed E-state index contributed by atoms with van der Waals surface area (Å²) in [6.45, 7) is 1.78. The summed E-state index contributed by atoms with van der Waals surface area (Å²) in [5, 5.41) is 6.99. The highest BCUT2D eigenvalue weighted by atomic mass is 16.5. The van der Waals surface area contributed by atoms with E-state index in [1.54, 1.807) is 13.2 Å². The molecule has 0 saturated heterocycles. The van der Waals surface area contributed by atoms with Gasteiger partial charge in [0.25, 0.3) is 0 Å². The highest BCUT2D eigenvalue weighted by molar-refractivity contribution is 5.79. The van der Waals surface area contributed by atoms with Crippen LogP contribution in [0.3, 0.4) is 0 Å². The summed E-state index contributed by atoms with van der Waals surface area (Å²) < 4.78 is 7.52. The highest BCUT2D eigenvalue weighted by Gasteiger charge is 2.29. The first-order valence-electron chi connectivity index (χ1n) is 9.39. The van der Waals surface area contributed by atoms with Gasteiger partial charge in [0.05, 0.1) is 37.7 Å². The first-order chi connectivity index (χ1) is 13.1. The minimum atomic E-state index is -0.135. The number of aryl methyl sites for hydroxylation is 1. The van der Waals surface area contributed by atoms with Gasteiger partial charge in [-0.3, -0.25) is 14.3 Å². The van der Waals surface area contributed by atoms with Crippen molar-refractivity contribution in [2.24, 2.45) is 0 Å². The Bertz CT molecular complexity index is 861. The first-order valence-corrected chi connectivity index (χ1v) is 9.39. The molecule has 4 rings (SSSR count). The molecule has 3 heterocycles. The summed E-state index contributed by atoms with van der Waals surface area (Å²) in [5.74, 6) is 0.955. The number of aromatic nitrogens is 2. The van der Waals surface area contributed by atoms with Gasteiger partial charge < -0.3 is 15.0 Å². The van der Waals surface area contributed by atoms with Gasteiger partial charge in [0.2, 0.25) is 11.8 Å². The summed E-state index contributed by atoms with van der Waals surface area (Å²) in [5.41, 5.74) is 3.15. The van der Waals surface area contributed by atoms with Gasteiger partial charge in [0, 0.05) is 19.8 Å². The molecular weight excluding hydrogens is 344 g/mol. The van der Waals surface area contributed by atoms with Crippen LogP contribution in [-0.4, -0.2) is 46.7 Å². The lowest BCUT2D eigenvalue weighted by molar-refractivity contribution is -0.133. The number of ether oxygens (including phenoxy) is 1. The summed E-state index contributed by atoms with van der Waals surface area (Å²) in [6.07, 6.45) is 4.40. The van der Waals surface area contributed by atoms with E-state index in [9.17, 15) is 9.59 Å². The Hall–Kier alpha value is -2.83. The maximum absolute atomic E-state index is 12.9.